The maximum absolute atomic E-state index is 6.59. The minimum atomic E-state index is -2.39. The monoisotopic (exact) mass is 614 g/mol. The van der Waals surface area contributed by atoms with Crippen molar-refractivity contribution in [3.63, 3.8) is 0 Å². The molecule has 0 N–H and O–H groups in total. The number of aromatic nitrogens is 1. The fraction of sp³-hybridized carbons (Fsp3) is 0.0690. The van der Waals surface area contributed by atoms with Gasteiger partial charge in [0.25, 0.3) is 5.44 Å². The molecule has 7 heteroatoms. The smallest absolute Gasteiger partial charge is 0.251 e. The Bertz CT molecular complexity index is 1340. The van der Waals surface area contributed by atoms with E-state index < -0.39 is 7.26 Å². The average molecular weight is 616 g/mol. The van der Waals surface area contributed by atoms with Crippen molar-refractivity contribution in [2.45, 2.75) is 12.0 Å². The second kappa shape index (κ2) is 12.0. The van der Waals surface area contributed by atoms with Crippen molar-refractivity contribution in [3.8, 4) is 11.5 Å². The molecular weight excluding hydrogens is 592 g/mol. The van der Waals surface area contributed by atoms with Crippen LogP contribution in [0.4, 0.5) is 0 Å². The molecule has 2 nitrogen and oxygen atoms in total. The molecule has 36 heavy (non-hydrogen) atoms. The van der Waals surface area contributed by atoms with Gasteiger partial charge < -0.3 is 4.42 Å². The summed E-state index contributed by atoms with van der Waals surface area (Å²) in [6, 6.07) is 37.4. The lowest BCUT2D eigenvalue weighted by Crippen LogP contribution is -2.40. The highest BCUT2D eigenvalue weighted by Gasteiger charge is 2.52. The largest absolute Gasteiger partial charge is 0.425 e. The van der Waals surface area contributed by atoms with Gasteiger partial charge >= 0.3 is 0 Å². The van der Waals surface area contributed by atoms with Crippen LogP contribution >= 0.6 is 59.2 Å². The summed E-state index contributed by atoms with van der Waals surface area (Å²) in [5.41, 5.74) is 1.68. The Hall–Kier alpha value is -2.07. The third-order valence-corrected chi connectivity index (χ3v) is 11.4. The number of hydrogen-bond acceptors (Lipinski definition) is 3. The van der Waals surface area contributed by atoms with Crippen LogP contribution < -0.4 is 21.3 Å². The van der Waals surface area contributed by atoms with Crippen molar-refractivity contribution < 1.29 is 4.42 Å². The van der Waals surface area contributed by atoms with Gasteiger partial charge in [0, 0.05) is 5.02 Å². The number of hydrogen-bond donors (Lipinski definition) is 0. The Morgan fingerprint density at radius 1 is 0.750 bits per heavy atom. The van der Waals surface area contributed by atoms with E-state index in [9.17, 15) is 0 Å². The summed E-state index contributed by atoms with van der Waals surface area (Å²) in [5.74, 6) is 1.36. The van der Waals surface area contributed by atoms with Crippen molar-refractivity contribution in [1.82, 2.24) is 4.98 Å². The van der Waals surface area contributed by atoms with Gasteiger partial charge in [-0.2, -0.15) is 4.98 Å². The summed E-state index contributed by atoms with van der Waals surface area (Å²) in [5, 5.41) is 5.57. The molecule has 1 heterocycles. The second-order valence-electron chi connectivity index (χ2n) is 7.86. The maximum Gasteiger partial charge on any atom is 0.251 e. The molecule has 0 fully saturated rings. The minimum absolute atomic E-state index is 0. The standard InChI is InChI=1S/C29H23Cl2NOPS.BrH/c1-2-35-29-28(32-27(33-29)25-19-18-21(30)20-26(25)31)34(22-12-6-3-7-13-22,23-14-8-4-9-15-23)24-16-10-5-11-17-24;/h3-20H,2H2,1H3;1H/q+1;. The number of thioether (sulfide) groups is 1. The molecule has 0 atom stereocenters. The minimum Gasteiger partial charge on any atom is -0.425 e. The summed E-state index contributed by atoms with van der Waals surface area (Å²) in [4.78, 5) is 5.23. The Kier molecular flexibility index (Phi) is 8.98. The lowest BCUT2D eigenvalue weighted by Gasteiger charge is -2.25. The Balaban J connectivity index is 0.00000304. The number of oxazole rings is 1. The van der Waals surface area contributed by atoms with Crippen LogP contribution in [0.25, 0.3) is 11.5 Å². The van der Waals surface area contributed by atoms with Gasteiger partial charge in [0.1, 0.15) is 15.9 Å². The first kappa shape index (κ1) is 27.0. The summed E-state index contributed by atoms with van der Waals surface area (Å²) >= 11 is 14.4. The first-order valence-electron chi connectivity index (χ1n) is 11.3. The van der Waals surface area contributed by atoms with E-state index >= 15 is 0 Å². The van der Waals surface area contributed by atoms with Crippen LogP contribution in [0.2, 0.25) is 10.0 Å². The van der Waals surface area contributed by atoms with Crippen LogP contribution in [0.15, 0.2) is 119 Å². The molecule has 0 saturated carbocycles. The summed E-state index contributed by atoms with van der Waals surface area (Å²) in [6.45, 7) is 2.12. The molecule has 4 aromatic carbocycles. The highest BCUT2D eigenvalue weighted by atomic mass is 79.9. The first-order chi connectivity index (χ1) is 17.1. The van der Waals surface area contributed by atoms with Gasteiger partial charge in [-0.25, -0.2) is 0 Å². The molecule has 0 bridgehead atoms. The molecule has 0 radical (unpaired) electrons. The molecule has 0 unspecified atom stereocenters. The van der Waals surface area contributed by atoms with Gasteiger partial charge in [-0.15, -0.1) is 17.0 Å². The second-order valence-corrected chi connectivity index (χ2v) is 13.3. The quantitative estimate of drug-likeness (QED) is 0.137. The Morgan fingerprint density at radius 3 is 1.69 bits per heavy atom. The molecule has 5 aromatic rings. The van der Waals surface area contributed by atoms with Crippen molar-refractivity contribution >= 4 is 80.6 Å². The van der Waals surface area contributed by atoms with Gasteiger partial charge in [-0.3, -0.25) is 0 Å². The van der Waals surface area contributed by atoms with Crippen molar-refractivity contribution in [1.29, 1.82) is 0 Å². The van der Waals surface area contributed by atoms with Gasteiger partial charge in [0.2, 0.25) is 11.0 Å². The van der Waals surface area contributed by atoms with Crippen LogP contribution in [-0.2, 0) is 0 Å². The molecule has 0 spiro atoms. The molecular formula is C29H24BrCl2NOPS+. The molecule has 0 amide bonds. The SMILES string of the molecule is Br.CCSc1oc(-c2ccc(Cl)cc2Cl)nc1[P+](c1ccccc1)(c1ccccc1)c1ccccc1. The summed E-state index contributed by atoms with van der Waals surface area (Å²) < 4.78 is 6.48. The van der Waals surface area contributed by atoms with Crippen LogP contribution in [0.1, 0.15) is 6.92 Å². The molecule has 5 rings (SSSR count). The highest BCUT2D eigenvalue weighted by molar-refractivity contribution is 8.93. The van der Waals surface area contributed by atoms with Crippen molar-refractivity contribution in [2.24, 2.45) is 0 Å². The topological polar surface area (TPSA) is 26.0 Å². The van der Waals surface area contributed by atoms with E-state index in [-0.39, 0.29) is 17.0 Å². The van der Waals surface area contributed by atoms with Crippen LogP contribution in [0.3, 0.4) is 0 Å². The zero-order valence-electron chi connectivity index (χ0n) is 19.5. The first-order valence-corrected chi connectivity index (χ1v) is 14.8. The predicted molar refractivity (Wildman–Crippen MR) is 163 cm³/mol. The van der Waals surface area contributed by atoms with Gasteiger partial charge in [-0.05, 0) is 60.4 Å². The van der Waals surface area contributed by atoms with Crippen molar-refractivity contribution in [2.75, 3.05) is 5.75 Å². The van der Waals surface area contributed by atoms with Crippen LogP contribution in [-0.4, -0.2) is 10.7 Å². The number of benzene rings is 4. The molecule has 0 aliphatic carbocycles. The summed E-state index contributed by atoms with van der Waals surface area (Å²) in [6.07, 6.45) is 0. The third-order valence-electron chi connectivity index (χ3n) is 5.76. The van der Waals surface area contributed by atoms with E-state index in [2.05, 4.69) is 97.9 Å². The highest BCUT2D eigenvalue weighted by Crippen LogP contribution is 2.56. The van der Waals surface area contributed by atoms with Gasteiger partial charge in [0.15, 0.2) is 7.26 Å². The summed E-state index contributed by atoms with van der Waals surface area (Å²) in [7, 11) is -2.39. The van der Waals surface area contributed by atoms with Crippen molar-refractivity contribution in [3.05, 3.63) is 119 Å². The van der Waals surface area contributed by atoms with E-state index in [4.69, 9.17) is 32.6 Å². The van der Waals surface area contributed by atoms with E-state index in [1.807, 2.05) is 12.1 Å². The average Bonchev–Trinajstić information content (AvgIpc) is 3.30. The van der Waals surface area contributed by atoms with E-state index in [1.54, 1.807) is 17.8 Å². The normalized spacial score (nSPS) is 11.2. The van der Waals surface area contributed by atoms with E-state index in [0.717, 1.165) is 21.8 Å². The Morgan fingerprint density at radius 2 is 1.25 bits per heavy atom. The van der Waals surface area contributed by atoms with E-state index in [0.29, 0.717) is 15.9 Å². The van der Waals surface area contributed by atoms with Gasteiger partial charge in [-0.1, -0.05) is 96.5 Å². The number of nitrogens with zero attached hydrogens (tertiary/aromatic N) is 1. The maximum atomic E-state index is 6.59. The molecule has 0 aliphatic rings. The molecule has 0 aliphatic heterocycles. The van der Waals surface area contributed by atoms with Crippen LogP contribution in [0.5, 0.6) is 0 Å². The fourth-order valence-electron chi connectivity index (χ4n) is 4.28. The number of rotatable bonds is 7. The lowest BCUT2D eigenvalue weighted by molar-refractivity contribution is 0.487. The predicted octanol–water partition coefficient (Wildman–Crippen LogP) is 7.96. The fourth-order valence-corrected chi connectivity index (χ4v) is 10.00. The van der Waals surface area contributed by atoms with Gasteiger partial charge in [0.05, 0.1) is 10.6 Å². The zero-order chi connectivity index (χ0) is 24.3. The Labute approximate surface area is 237 Å². The van der Waals surface area contributed by atoms with Crippen LogP contribution in [0, 0.1) is 0 Å². The van der Waals surface area contributed by atoms with E-state index in [1.165, 1.54) is 15.9 Å². The zero-order valence-corrected chi connectivity index (χ0v) is 24.4. The number of halogens is 3. The molecule has 182 valence electrons. The molecule has 0 saturated heterocycles. The third kappa shape index (κ3) is 5.03. The lowest BCUT2D eigenvalue weighted by atomic mass is 10.2. The molecule has 1 aromatic heterocycles.